The molecule has 0 saturated carbocycles. The molecule has 1 aromatic heterocycles. The van der Waals surface area contributed by atoms with Gasteiger partial charge in [-0.2, -0.15) is 0 Å². The van der Waals surface area contributed by atoms with Crippen LogP contribution in [-0.4, -0.2) is 29.0 Å². The highest BCUT2D eigenvalue weighted by Gasteiger charge is 2.19. The monoisotopic (exact) mass is 247 g/mol. The first kappa shape index (κ1) is 12.9. The van der Waals surface area contributed by atoms with Gasteiger partial charge in [0, 0.05) is 31.1 Å². The molecule has 1 aliphatic rings. The van der Waals surface area contributed by atoms with Crippen LogP contribution in [0, 0.1) is 0 Å². The maximum Gasteiger partial charge on any atom is 0.0926 e. The van der Waals surface area contributed by atoms with Crippen molar-refractivity contribution in [3.8, 4) is 0 Å². The van der Waals surface area contributed by atoms with Gasteiger partial charge in [0.2, 0.25) is 0 Å². The Morgan fingerprint density at radius 3 is 3.00 bits per heavy atom. The van der Waals surface area contributed by atoms with E-state index < -0.39 is 0 Å². The molecule has 1 atom stereocenters. The first-order valence-corrected chi connectivity index (χ1v) is 6.07. The van der Waals surface area contributed by atoms with Gasteiger partial charge in [-0.05, 0) is 12.8 Å². The maximum atomic E-state index is 5.85. The van der Waals surface area contributed by atoms with Gasteiger partial charge < -0.3 is 5.73 Å². The van der Waals surface area contributed by atoms with Crippen LogP contribution in [0.3, 0.4) is 0 Å². The molecule has 2 N–H and O–H groups in total. The normalized spacial score (nSPS) is 21.6. The van der Waals surface area contributed by atoms with E-state index in [4.69, 9.17) is 5.73 Å². The molecule has 0 aromatic carbocycles. The zero-order chi connectivity index (χ0) is 9.97. The van der Waals surface area contributed by atoms with E-state index >= 15 is 0 Å². The average Bonchev–Trinajstić information content (AvgIpc) is 2.76. The van der Waals surface area contributed by atoms with Gasteiger partial charge >= 0.3 is 0 Å². The molecule has 1 fully saturated rings. The molecule has 5 heteroatoms. The predicted molar refractivity (Wildman–Crippen MR) is 66.6 cm³/mol. The summed E-state index contributed by atoms with van der Waals surface area (Å²) < 4.78 is 0. The summed E-state index contributed by atoms with van der Waals surface area (Å²) in [7, 11) is 0. The standard InChI is InChI=1S/C10H17N3S.ClH/c1-2-10-12-9(7-14-10)6-13-4-3-8(11)5-13;/h7-8H,2-6,11H2,1H3;1H/t8-;/m1./s1. The molecule has 1 aliphatic heterocycles. The van der Waals surface area contributed by atoms with Gasteiger partial charge in [0.25, 0.3) is 0 Å². The van der Waals surface area contributed by atoms with Crippen LogP contribution in [0.25, 0.3) is 0 Å². The Kier molecular flexibility index (Phi) is 4.99. The molecule has 86 valence electrons. The minimum atomic E-state index is 0. The number of aryl methyl sites for hydroxylation is 1. The molecular formula is C10H18ClN3S. The minimum absolute atomic E-state index is 0. The third kappa shape index (κ3) is 3.41. The van der Waals surface area contributed by atoms with Crippen molar-refractivity contribution in [1.29, 1.82) is 0 Å². The second-order valence-electron chi connectivity index (χ2n) is 3.87. The lowest BCUT2D eigenvalue weighted by atomic mass is 10.3. The molecule has 3 nitrogen and oxygen atoms in total. The summed E-state index contributed by atoms with van der Waals surface area (Å²) in [6, 6.07) is 0.374. The SMILES string of the molecule is CCc1nc(CN2CC[C@@H](N)C2)cs1.Cl. The van der Waals surface area contributed by atoms with E-state index in [1.54, 1.807) is 11.3 Å². The Morgan fingerprint density at radius 1 is 1.67 bits per heavy atom. The van der Waals surface area contributed by atoms with Crippen LogP contribution in [0.4, 0.5) is 0 Å². The Bertz CT molecular complexity index is 303. The van der Waals surface area contributed by atoms with Crippen LogP contribution < -0.4 is 5.73 Å². The predicted octanol–water partition coefficient (Wildman–Crippen LogP) is 1.66. The molecule has 2 heterocycles. The Balaban J connectivity index is 0.00000112. The number of nitrogens with two attached hydrogens (primary N) is 1. The van der Waals surface area contributed by atoms with Gasteiger partial charge in [0.1, 0.15) is 0 Å². The largest absolute Gasteiger partial charge is 0.326 e. The van der Waals surface area contributed by atoms with Crippen molar-refractivity contribution in [3.05, 3.63) is 16.1 Å². The zero-order valence-electron chi connectivity index (χ0n) is 8.98. The first-order chi connectivity index (χ1) is 6.78. The number of halogens is 1. The van der Waals surface area contributed by atoms with Crippen molar-refractivity contribution in [2.45, 2.75) is 32.4 Å². The van der Waals surface area contributed by atoms with Crippen molar-refractivity contribution in [1.82, 2.24) is 9.88 Å². The second-order valence-corrected chi connectivity index (χ2v) is 4.81. The van der Waals surface area contributed by atoms with Crippen LogP contribution >= 0.6 is 23.7 Å². The van der Waals surface area contributed by atoms with Gasteiger partial charge in [-0.3, -0.25) is 4.90 Å². The number of likely N-dealkylation sites (tertiary alicyclic amines) is 1. The lowest BCUT2D eigenvalue weighted by molar-refractivity contribution is 0.323. The molecular weight excluding hydrogens is 230 g/mol. The fourth-order valence-electron chi connectivity index (χ4n) is 1.82. The summed E-state index contributed by atoms with van der Waals surface area (Å²) in [6.07, 6.45) is 2.18. The lowest BCUT2D eigenvalue weighted by Gasteiger charge is -2.12. The number of hydrogen-bond acceptors (Lipinski definition) is 4. The number of aromatic nitrogens is 1. The quantitative estimate of drug-likeness (QED) is 0.884. The van der Waals surface area contributed by atoms with Crippen LogP contribution in [0.15, 0.2) is 5.38 Å². The molecule has 0 radical (unpaired) electrons. The van der Waals surface area contributed by atoms with Crippen LogP contribution in [0.5, 0.6) is 0 Å². The molecule has 0 unspecified atom stereocenters. The van der Waals surface area contributed by atoms with Crippen molar-refractivity contribution >= 4 is 23.7 Å². The zero-order valence-corrected chi connectivity index (χ0v) is 10.6. The van der Waals surface area contributed by atoms with Gasteiger partial charge in [-0.25, -0.2) is 4.98 Å². The number of hydrogen-bond donors (Lipinski definition) is 1. The Morgan fingerprint density at radius 2 is 2.47 bits per heavy atom. The smallest absolute Gasteiger partial charge is 0.0926 e. The van der Waals surface area contributed by atoms with E-state index in [1.807, 2.05) is 0 Å². The molecule has 15 heavy (non-hydrogen) atoms. The summed E-state index contributed by atoms with van der Waals surface area (Å²) in [6.45, 7) is 5.28. The summed E-state index contributed by atoms with van der Waals surface area (Å²) in [5.74, 6) is 0. The highest BCUT2D eigenvalue weighted by molar-refractivity contribution is 7.09. The van der Waals surface area contributed by atoms with Crippen LogP contribution in [0.1, 0.15) is 24.0 Å². The van der Waals surface area contributed by atoms with Crippen LogP contribution in [0.2, 0.25) is 0 Å². The summed E-state index contributed by atoms with van der Waals surface area (Å²) in [4.78, 5) is 6.94. The fraction of sp³-hybridized carbons (Fsp3) is 0.700. The molecule has 2 rings (SSSR count). The van der Waals surface area contributed by atoms with Gasteiger partial charge in [-0.15, -0.1) is 23.7 Å². The van der Waals surface area contributed by atoms with Crippen molar-refractivity contribution < 1.29 is 0 Å². The molecule has 1 aromatic rings. The van der Waals surface area contributed by atoms with E-state index in [2.05, 4.69) is 22.2 Å². The van der Waals surface area contributed by atoms with Gasteiger partial charge in [0.15, 0.2) is 0 Å². The van der Waals surface area contributed by atoms with E-state index in [9.17, 15) is 0 Å². The van der Waals surface area contributed by atoms with Crippen LogP contribution in [-0.2, 0) is 13.0 Å². The second kappa shape index (κ2) is 5.80. The Labute approximate surface area is 101 Å². The summed E-state index contributed by atoms with van der Waals surface area (Å²) in [5.41, 5.74) is 7.06. The van der Waals surface area contributed by atoms with Crippen molar-refractivity contribution in [2.75, 3.05) is 13.1 Å². The van der Waals surface area contributed by atoms with Gasteiger partial charge in [0.05, 0.1) is 10.7 Å². The molecule has 0 spiro atoms. The summed E-state index contributed by atoms with van der Waals surface area (Å²) in [5, 5.41) is 3.41. The molecule has 0 aliphatic carbocycles. The Hall–Kier alpha value is -0.160. The average molecular weight is 248 g/mol. The van der Waals surface area contributed by atoms with E-state index in [0.29, 0.717) is 6.04 Å². The highest BCUT2D eigenvalue weighted by atomic mass is 35.5. The number of rotatable bonds is 3. The molecule has 0 bridgehead atoms. The number of nitrogens with zero attached hydrogens (tertiary/aromatic N) is 2. The third-order valence-corrected chi connectivity index (χ3v) is 3.64. The van der Waals surface area contributed by atoms with Crippen molar-refractivity contribution in [3.63, 3.8) is 0 Å². The van der Waals surface area contributed by atoms with E-state index in [-0.39, 0.29) is 12.4 Å². The van der Waals surface area contributed by atoms with E-state index in [1.165, 1.54) is 10.7 Å². The number of thiazole rings is 1. The topological polar surface area (TPSA) is 42.2 Å². The minimum Gasteiger partial charge on any atom is -0.326 e. The maximum absolute atomic E-state index is 5.85. The lowest BCUT2D eigenvalue weighted by Crippen LogP contribution is -2.26. The van der Waals surface area contributed by atoms with Gasteiger partial charge in [-0.1, -0.05) is 6.92 Å². The molecule has 0 amide bonds. The molecule has 1 saturated heterocycles. The highest BCUT2D eigenvalue weighted by Crippen LogP contribution is 2.15. The van der Waals surface area contributed by atoms with E-state index in [0.717, 1.165) is 32.5 Å². The third-order valence-electron chi connectivity index (χ3n) is 2.60. The fourth-order valence-corrected chi connectivity index (χ4v) is 2.56. The first-order valence-electron chi connectivity index (χ1n) is 5.19. The summed E-state index contributed by atoms with van der Waals surface area (Å²) >= 11 is 1.76. The van der Waals surface area contributed by atoms with Crippen molar-refractivity contribution in [2.24, 2.45) is 5.73 Å².